The number of carbonyl (C=O) groups excluding carboxylic acids is 2. The molecule has 0 saturated carbocycles. The number of hydrogen-bond acceptors (Lipinski definition) is 3. The molecule has 17 heavy (non-hydrogen) atoms. The van der Waals surface area contributed by atoms with Crippen LogP contribution in [0, 0.1) is 6.07 Å². The Kier molecular flexibility index (Phi) is 1.89. The Morgan fingerprint density at radius 3 is 2.59 bits per heavy atom. The van der Waals surface area contributed by atoms with E-state index in [2.05, 4.69) is 6.07 Å². The Hall–Kier alpha value is -2.42. The Morgan fingerprint density at radius 2 is 1.76 bits per heavy atom. The van der Waals surface area contributed by atoms with Gasteiger partial charge in [0.15, 0.2) is 11.6 Å². The maximum Gasteiger partial charge on any atom is 0.195 e. The van der Waals surface area contributed by atoms with Gasteiger partial charge in [0.2, 0.25) is 0 Å². The maximum atomic E-state index is 12.1. The molecular weight excluding hydrogens is 216 g/mol. The summed E-state index contributed by atoms with van der Waals surface area (Å²) in [6, 6.07) is 11.9. The van der Waals surface area contributed by atoms with Gasteiger partial charge in [-0.1, -0.05) is 18.2 Å². The standard InChI is InChI=1S/C14H7O3/c15-8-5-6-11-12(7-8)14(17)10-4-2-1-3-9(10)13(11)16/h1-2,4-7,15H. The molecule has 0 aromatic heterocycles. The molecule has 1 aliphatic carbocycles. The second-order valence-corrected chi connectivity index (χ2v) is 3.85. The fourth-order valence-electron chi connectivity index (χ4n) is 2.01. The molecule has 1 N–H and O–H groups in total. The van der Waals surface area contributed by atoms with Gasteiger partial charge in [-0.15, -0.1) is 0 Å². The highest BCUT2D eigenvalue weighted by Crippen LogP contribution is 2.28. The third kappa shape index (κ3) is 1.29. The molecule has 0 amide bonds. The second kappa shape index (κ2) is 3.28. The molecule has 3 heteroatoms. The number of ketones is 2. The minimum absolute atomic E-state index is 0.0201. The number of aromatic hydroxyl groups is 1. The zero-order valence-electron chi connectivity index (χ0n) is 8.73. The fraction of sp³-hybridized carbons (Fsp3) is 0. The molecule has 1 aliphatic rings. The third-order valence-electron chi connectivity index (χ3n) is 2.82. The van der Waals surface area contributed by atoms with E-state index in [0.29, 0.717) is 16.7 Å². The predicted octanol–water partition coefficient (Wildman–Crippen LogP) is 1.97. The van der Waals surface area contributed by atoms with Crippen LogP contribution in [0.25, 0.3) is 0 Å². The van der Waals surface area contributed by atoms with E-state index in [1.807, 2.05) is 0 Å². The minimum Gasteiger partial charge on any atom is -0.508 e. The van der Waals surface area contributed by atoms with Crippen LogP contribution in [-0.4, -0.2) is 16.7 Å². The quantitative estimate of drug-likeness (QED) is 0.633. The number of phenols is 1. The van der Waals surface area contributed by atoms with Gasteiger partial charge in [0, 0.05) is 22.3 Å². The van der Waals surface area contributed by atoms with Crippen molar-refractivity contribution < 1.29 is 14.7 Å². The Morgan fingerprint density at radius 1 is 0.941 bits per heavy atom. The summed E-state index contributed by atoms with van der Waals surface area (Å²) < 4.78 is 0. The Balaban J connectivity index is 2.33. The van der Waals surface area contributed by atoms with E-state index < -0.39 is 0 Å². The van der Waals surface area contributed by atoms with Crippen LogP contribution in [0.4, 0.5) is 0 Å². The lowest BCUT2D eigenvalue weighted by Gasteiger charge is -2.16. The van der Waals surface area contributed by atoms with Crippen molar-refractivity contribution in [2.45, 2.75) is 0 Å². The monoisotopic (exact) mass is 223 g/mol. The van der Waals surface area contributed by atoms with Crippen LogP contribution < -0.4 is 0 Å². The van der Waals surface area contributed by atoms with Crippen LogP contribution in [0.1, 0.15) is 31.8 Å². The van der Waals surface area contributed by atoms with Gasteiger partial charge in [-0.2, -0.15) is 0 Å². The average Bonchev–Trinajstić information content (AvgIpc) is 2.36. The number of benzene rings is 2. The summed E-state index contributed by atoms with van der Waals surface area (Å²) in [4.78, 5) is 24.2. The van der Waals surface area contributed by atoms with E-state index in [1.54, 1.807) is 18.2 Å². The van der Waals surface area contributed by atoms with Crippen molar-refractivity contribution in [1.29, 1.82) is 0 Å². The molecule has 0 spiro atoms. The molecule has 3 rings (SSSR count). The first kappa shape index (κ1) is 9.78. The highest BCUT2D eigenvalue weighted by atomic mass is 16.3. The van der Waals surface area contributed by atoms with Crippen LogP contribution in [-0.2, 0) is 0 Å². The summed E-state index contributed by atoms with van der Waals surface area (Å²) >= 11 is 0. The smallest absolute Gasteiger partial charge is 0.195 e. The van der Waals surface area contributed by atoms with Crippen LogP contribution >= 0.6 is 0 Å². The number of phenolic OH excluding ortho intramolecular Hbond substituents is 1. The van der Waals surface area contributed by atoms with Crippen molar-refractivity contribution in [3.05, 3.63) is 64.7 Å². The summed E-state index contributed by atoms with van der Waals surface area (Å²) in [7, 11) is 0. The largest absolute Gasteiger partial charge is 0.508 e. The lowest BCUT2D eigenvalue weighted by Crippen LogP contribution is -2.20. The van der Waals surface area contributed by atoms with Crippen LogP contribution in [0.3, 0.4) is 0 Å². The summed E-state index contributed by atoms with van der Waals surface area (Å²) in [6.07, 6.45) is 0. The van der Waals surface area contributed by atoms with Crippen molar-refractivity contribution in [3.8, 4) is 5.75 Å². The molecule has 0 unspecified atom stereocenters. The molecule has 0 bridgehead atoms. The number of hydrogen-bond donors (Lipinski definition) is 1. The zero-order chi connectivity index (χ0) is 12.0. The highest BCUT2D eigenvalue weighted by molar-refractivity contribution is 6.28. The number of carbonyl (C=O) groups is 2. The van der Waals surface area contributed by atoms with Crippen molar-refractivity contribution in [2.24, 2.45) is 0 Å². The first-order chi connectivity index (χ1) is 8.18. The van der Waals surface area contributed by atoms with E-state index in [-0.39, 0.29) is 22.9 Å². The molecule has 0 aliphatic heterocycles. The van der Waals surface area contributed by atoms with Gasteiger partial charge in [0.1, 0.15) is 5.75 Å². The van der Waals surface area contributed by atoms with E-state index in [0.717, 1.165) is 0 Å². The predicted molar refractivity (Wildman–Crippen MR) is 60.2 cm³/mol. The first-order valence-electron chi connectivity index (χ1n) is 5.11. The maximum absolute atomic E-state index is 12.1. The van der Waals surface area contributed by atoms with Crippen molar-refractivity contribution >= 4 is 11.6 Å². The van der Waals surface area contributed by atoms with E-state index in [1.165, 1.54) is 18.2 Å². The van der Waals surface area contributed by atoms with E-state index in [4.69, 9.17) is 0 Å². The van der Waals surface area contributed by atoms with Crippen LogP contribution in [0.15, 0.2) is 36.4 Å². The van der Waals surface area contributed by atoms with E-state index in [9.17, 15) is 14.7 Å². The molecule has 2 aromatic rings. The summed E-state index contributed by atoms with van der Waals surface area (Å²) in [6.45, 7) is 0. The summed E-state index contributed by atoms with van der Waals surface area (Å²) in [5, 5.41) is 9.37. The van der Waals surface area contributed by atoms with Gasteiger partial charge < -0.3 is 5.11 Å². The Bertz CT molecular complexity index is 656. The average molecular weight is 223 g/mol. The number of rotatable bonds is 0. The SMILES string of the molecule is O=C1c2[c]cccc2C(=O)c2cc(O)ccc21. The van der Waals surface area contributed by atoms with Crippen LogP contribution in [0.2, 0.25) is 0 Å². The summed E-state index contributed by atoms with van der Waals surface area (Å²) in [5.74, 6) is -0.495. The van der Waals surface area contributed by atoms with E-state index >= 15 is 0 Å². The summed E-state index contributed by atoms with van der Waals surface area (Å²) in [5.41, 5.74) is 1.22. The third-order valence-corrected chi connectivity index (χ3v) is 2.82. The van der Waals surface area contributed by atoms with Gasteiger partial charge in [0.25, 0.3) is 0 Å². The molecule has 0 fully saturated rings. The molecule has 0 heterocycles. The second-order valence-electron chi connectivity index (χ2n) is 3.85. The lowest BCUT2D eigenvalue weighted by molar-refractivity contribution is 0.0978. The lowest BCUT2D eigenvalue weighted by atomic mass is 9.84. The normalized spacial score (nSPS) is 13.2. The van der Waals surface area contributed by atoms with Gasteiger partial charge >= 0.3 is 0 Å². The molecule has 3 nitrogen and oxygen atoms in total. The van der Waals surface area contributed by atoms with Crippen molar-refractivity contribution in [1.82, 2.24) is 0 Å². The fourth-order valence-corrected chi connectivity index (χ4v) is 2.01. The minimum atomic E-state index is -0.248. The molecule has 1 radical (unpaired) electrons. The highest BCUT2D eigenvalue weighted by Gasteiger charge is 2.29. The zero-order valence-corrected chi connectivity index (χ0v) is 8.73. The topological polar surface area (TPSA) is 54.4 Å². The molecule has 81 valence electrons. The molecule has 0 atom stereocenters. The molecular formula is C14H7O3. The van der Waals surface area contributed by atoms with Gasteiger partial charge in [-0.05, 0) is 24.3 Å². The van der Waals surface area contributed by atoms with Crippen molar-refractivity contribution in [3.63, 3.8) is 0 Å². The van der Waals surface area contributed by atoms with Crippen LogP contribution in [0.5, 0.6) is 5.75 Å². The Labute approximate surface area is 97.3 Å². The first-order valence-corrected chi connectivity index (χ1v) is 5.11. The molecule has 0 saturated heterocycles. The molecule has 2 aromatic carbocycles. The van der Waals surface area contributed by atoms with Crippen molar-refractivity contribution in [2.75, 3.05) is 0 Å². The van der Waals surface area contributed by atoms with Gasteiger partial charge in [-0.25, -0.2) is 0 Å². The van der Waals surface area contributed by atoms with Gasteiger partial charge in [-0.3, -0.25) is 9.59 Å². The number of fused-ring (bicyclic) bond motifs is 2. The van der Waals surface area contributed by atoms with Gasteiger partial charge in [0.05, 0.1) is 0 Å².